The van der Waals surface area contributed by atoms with E-state index in [2.05, 4.69) is 19.2 Å². The number of halogens is 2. The molecule has 18 heavy (non-hydrogen) atoms. The summed E-state index contributed by atoms with van der Waals surface area (Å²) in [5, 5.41) is 3.43. The van der Waals surface area contributed by atoms with Crippen molar-refractivity contribution in [3.63, 3.8) is 0 Å². The Hall–Kier alpha value is -1.16. The predicted octanol–water partition coefficient (Wildman–Crippen LogP) is 2.79. The van der Waals surface area contributed by atoms with E-state index in [0.717, 1.165) is 32.1 Å². The normalized spacial score (nSPS) is 20.5. The van der Waals surface area contributed by atoms with Crippen molar-refractivity contribution in [2.75, 3.05) is 24.5 Å². The van der Waals surface area contributed by atoms with Crippen molar-refractivity contribution < 1.29 is 8.78 Å². The van der Waals surface area contributed by atoms with E-state index in [9.17, 15) is 8.78 Å². The van der Waals surface area contributed by atoms with E-state index < -0.39 is 11.6 Å². The highest BCUT2D eigenvalue weighted by atomic mass is 19.2. The minimum Gasteiger partial charge on any atom is -0.366 e. The van der Waals surface area contributed by atoms with Gasteiger partial charge in [-0.3, -0.25) is 0 Å². The molecule has 0 aliphatic carbocycles. The summed E-state index contributed by atoms with van der Waals surface area (Å²) in [6.45, 7) is 6.60. The van der Waals surface area contributed by atoms with Crippen LogP contribution in [-0.2, 0) is 0 Å². The summed E-state index contributed by atoms with van der Waals surface area (Å²) in [7, 11) is 0. The van der Waals surface area contributed by atoms with Gasteiger partial charge in [-0.05, 0) is 24.5 Å². The topological polar surface area (TPSA) is 15.3 Å². The predicted molar refractivity (Wildman–Crippen MR) is 69.8 cm³/mol. The number of benzene rings is 1. The number of nitrogens with one attached hydrogen (secondary N) is 1. The van der Waals surface area contributed by atoms with E-state index in [-0.39, 0.29) is 0 Å². The number of rotatable bonds is 3. The average Bonchev–Trinajstić information content (AvgIpc) is 2.32. The fourth-order valence-corrected chi connectivity index (χ4v) is 2.51. The second-order valence-electron chi connectivity index (χ2n) is 5.30. The van der Waals surface area contributed by atoms with Gasteiger partial charge in [-0.25, -0.2) is 8.78 Å². The first-order valence-corrected chi connectivity index (χ1v) is 6.50. The van der Waals surface area contributed by atoms with E-state index in [1.807, 2.05) is 4.90 Å². The Kier molecular flexibility index (Phi) is 4.17. The van der Waals surface area contributed by atoms with Gasteiger partial charge in [0.25, 0.3) is 0 Å². The van der Waals surface area contributed by atoms with Crippen LogP contribution in [0.3, 0.4) is 0 Å². The molecular formula is C14H20F2N2. The monoisotopic (exact) mass is 254 g/mol. The smallest absolute Gasteiger partial charge is 0.182 e. The zero-order valence-electron chi connectivity index (χ0n) is 10.9. The maximum Gasteiger partial charge on any atom is 0.182 e. The van der Waals surface area contributed by atoms with Crippen molar-refractivity contribution in [3.05, 3.63) is 29.8 Å². The van der Waals surface area contributed by atoms with Gasteiger partial charge in [-0.2, -0.15) is 0 Å². The summed E-state index contributed by atoms with van der Waals surface area (Å²) in [4.78, 5) is 1.93. The molecule has 1 aliphatic heterocycles. The molecule has 100 valence electrons. The first-order chi connectivity index (χ1) is 8.58. The van der Waals surface area contributed by atoms with E-state index in [4.69, 9.17) is 0 Å². The van der Waals surface area contributed by atoms with Gasteiger partial charge in [0.2, 0.25) is 0 Å². The zero-order chi connectivity index (χ0) is 13.1. The van der Waals surface area contributed by atoms with Crippen LogP contribution in [0, 0.1) is 17.6 Å². The number of nitrogens with zero attached hydrogens (tertiary/aromatic N) is 1. The molecule has 4 heteroatoms. The minimum atomic E-state index is -0.772. The lowest BCUT2D eigenvalue weighted by molar-refractivity contribution is 0.385. The summed E-state index contributed by atoms with van der Waals surface area (Å²) in [5.74, 6) is -0.908. The largest absolute Gasteiger partial charge is 0.366 e. The third-order valence-corrected chi connectivity index (χ3v) is 3.28. The molecule has 0 spiro atoms. The molecular weight excluding hydrogens is 234 g/mol. The molecule has 1 aromatic carbocycles. The first kappa shape index (κ1) is 13.3. The first-order valence-electron chi connectivity index (χ1n) is 6.50. The van der Waals surface area contributed by atoms with E-state index in [0.29, 0.717) is 17.6 Å². The summed E-state index contributed by atoms with van der Waals surface area (Å²) < 4.78 is 27.0. The summed E-state index contributed by atoms with van der Waals surface area (Å²) in [6, 6.07) is 4.72. The van der Waals surface area contributed by atoms with Crippen LogP contribution >= 0.6 is 0 Å². The van der Waals surface area contributed by atoms with Crippen molar-refractivity contribution in [1.82, 2.24) is 5.32 Å². The van der Waals surface area contributed by atoms with Crippen molar-refractivity contribution in [2.24, 2.45) is 5.92 Å². The van der Waals surface area contributed by atoms with E-state index in [1.165, 1.54) is 0 Å². The third-order valence-electron chi connectivity index (χ3n) is 3.28. The lowest BCUT2D eigenvalue weighted by atomic mass is 10.0. The number of hydrogen-bond acceptors (Lipinski definition) is 2. The van der Waals surface area contributed by atoms with Gasteiger partial charge in [0.1, 0.15) is 0 Å². The average molecular weight is 254 g/mol. The molecule has 0 aromatic heterocycles. The number of piperazine rings is 1. The van der Waals surface area contributed by atoms with Crippen LogP contribution in [0.15, 0.2) is 18.2 Å². The molecule has 1 aliphatic rings. The zero-order valence-corrected chi connectivity index (χ0v) is 10.9. The van der Waals surface area contributed by atoms with Gasteiger partial charge in [0.05, 0.1) is 5.69 Å². The number of hydrogen-bond donors (Lipinski definition) is 1. The Morgan fingerprint density at radius 2 is 2.17 bits per heavy atom. The lowest BCUT2D eigenvalue weighted by Gasteiger charge is -2.36. The second kappa shape index (κ2) is 5.65. The van der Waals surface area contributed by atoms with Crippen molar-refractivity contribution >= 4 is 5.69 Å². The highest BCUT2D eigenvalue weighted by molar-refractivity contribution is 5.48. The fourth-order valence-electron chi connectivity index (χ4n) is 2.51. The molecule has 1 atom stereocenters. The van der Waals surface area contributed by atoms with Crippen molar-refractivity contribution in [1.29, 1.82) is 0 Å². The molecule has 0 amide bonds. The standard InChI is InChI=1S/C14H20F2N2/c1-10(2)8-11-9-18(7-6-17-11)13-5-3-4-12(15)14(13)16/h3-5,10-11,17H,6-9H2,1-2H3. The van der Waals surface area contributed by atoms with Crippen LogP contribution in [0.4, 0.5) is 14.5 Å². The second-order valence-corrected chi connectivity index (χ2v) is 5.30. The summed E-state index contributed by atoms with van der Waals surface area (Å²) in [5.41, 5.74) is 0.380. The lowest BCUT2D eigenvalue weighted by Crippen LogP contribution is -2.51. The molecule has 0 radical (unpaired) electrons. The van der Waals surface area contributed by atoms with Crippen molar-refractivity contribution in [2.45, 2.75) is 26.3 Å². The quantitative estimate of drug-likeness (QED) is 0.892. The van der Waals surface area contributed by atoms with Crippen LogP contribution in [0.2, 0.25) is 0 Å². The van der Waals surface area contributed by atoms with Gasteiger partial charge in [-0.15, -0.1) is 0 Å². The Bertz CT molecular complexity index is 407. The molecule has 1 saturated heterocycles. The molecule has 2 nitrogen and oxygen atoms in total. The summed E-state index contributed by atoms with van der Waals surface area (Å²) >= 11 is 0. The molecule has 0 saturated carbocycles. The highest BCUT2D eigenvalue weighted by Crippen LogP contribution is 2.23. The van der Waals surface area contributed by atoms with E-state index in [1.54, 1.807) is 12.1 Å². The molecule has 1 aromatic rings. The van der Waals surface area contributed by atoms with Gasteiger partial charge >= 0.3 is 0 Å². The molecule has 0 bridgehead atoms. The van der Waals surface area contributed by atoms with Crippen molar-refractivity contribution in [3.8, 4) is 0 Å². The van der Waals surface area contributed by atoms with Gasteiger partial charge < -0.3 is 10.2 Å². The van der Waals surface area contributed by atoms with Gasteiger partial charge in [0, 0.05) is 25.7 Å². The molecule has 1 fully saturated rings. The Balaban J connectivity index is 2.11. The highest BCUT2D eigenvalue weighted by Gasteiger charge is 2.23. The van der Waals surface area contributed by atoms with Crippen LogP contribution < -0.4 is 10.2 Å². The Labute approximate surface area is 107 Å². The van der Waals surface area contributed by atoms with Crippen LogP contribution in [-0.4, -0.2) is 25.7 Å². The Morgan fingerprint density at radius 3 is 2.89 bits per heavy atom. The van der Waals surface area contributed by atoms with Crippen LogP contribution in [0.1, 0.15) is 20.3 Å². The van der Waals surface area contributed by atoms with Gasteiger partial charge in [-0.1, -0.05) is 19.9 Å². The fraction of sp³-hybridized carbons (Fsp3) is 0.571. The molecule has 1 unspecified atom stereocenters. The van der Waals surface area contributed by atoms with E-state index >= 15 is 0 Å². The molecule has 1 N–H and O–H groups in total. The van der Waals surface area contributed by atoms with Gasteiger partial charge in [0.15, 0.2) is 11.6 Å². The SMILES string of the molecule is CC(C)CC1CN(c2cccc(F)c2F)CCN1. The Morgan fingerprint density at radius 1 is 1.39 bits per heavy atom. The van der Waals surface area contributed by atoms with Crippen LogP contribution in [0.5, 0.6) is 0 Å². The number of anilines is 1. The third kappa shape index (κ3) is 2.99. The molecule has 1 heterocycles. The maximum absolute atomic E-state index is 13.7. The van der Waals surface area contributed by atoms with Crippen LogP contribution in [0.25, 0.3) is 0 Å². The molecule has 2 rings (SSSR count). The summed E-state index contributed by atoms with van der Waals surface area (Å²) in [6.07, 6.45) is 1.05. The minimum absolute atomic E-state index is 0.349. The maximum atomic E-state index is 13.7.